The van der Waals surface area contributed by atoms with Gasteiger partial charge in [0.15, 0.2) is 0 Å². The van der Waals surface area contributed by atoms with Crippen LogP contribution in [0, 0.1) is 0 Å². The predicted octanol–water partition coefficient (Wildman–Crippen LogP) is 0.531. The average molecular weight is 324 g/mol. The Morgan fingerprint density at radius 2 is 1.92 bits per heavy atom. The molecule has 1 aromatic carbocycles. The number of carbonyl (C=O) groups excluding carboxylic acids is 2. The van der Waals surface area contributed by atoms with Gasteiger partial charge in [0.2, 0.25) is 11.5 Å². The number of benzene rings is 1. The molecule has 0 saturated heterocycles. The lowest BCUT2D eigenvalue weighted by molar-refractivity contribution is -0.401. The molecule has 3 heterocycles. The summed E-state index contributed by atoms with van der Waals surface area (Å²) in [5.41, 5.74) is 2.97. The molecule has 0 atom stereocenters. The molecule has 3 aliphatic heterocycles. The van der Waals surface area contributed by atoms with Gasteiger partial charge in [0.25, 0.3) is 0 Å². The molecule has 0 fully saturated rings. The number of hydrogen-bond donors (Lipinski definition) is 0. The molecule has 0 spiro atoms. The number of hydrogen-bond acceptors (Lipinski definition) is 5. The van der Waals surface area contributed by atoms with Crippen molar-refractivity contribution in [3.8, 4) is 0 Å². The Morgan fingerprint density at radius 3 is 2.71 bits per heavy atom. The lowest BCUT2D eigenvalue weighted by Gasteiger charge is -2.27. The molecule has 7 nitrogen and oxygen atoms in total. The van der Waals surface area contributed by atoms with Gasteiger partial charge in [-0.25, -0.2) is 14.6 Å². The van der Waals surface area contributed by atoms with Crippen LogP contribution in [0.2, 0.25) is 0 Å². The maximum atomic E-state index is 12.2. The van der Waals surface area contributed by atoms with Crippen molar-refractivity contribution in [2.75, 3.05) is 27.2 Å². The summed E-state index contributed by atoms with van der Waals surface area (Å²) in [6.45, 7) is 2.34. The van der Waals surface area contributed by atoms with Crippen LogP contribution in [0.5, 0.6) is 0 Å². The van der Waals surface area contributed by atoms with E-state index >= 15 is 0 Å². The quantitative estimate of drug-likeness (QED) is 0.745. The normalized spacial score (nSPS) is 20.8. The van der Waals surface area contributed by atoms with Gasteiger partial charge in [0.1, 0.15) is 0 Å². The summed E-state index contributed by atoms with van der Waals surface area (Å²) in [5, 5.41) is 0. The summed E-state index contributed by atoms with van der Waals surface area (Å²) in [6.07, 6.45) is 0.997. The van der Waals surface area contributed by atoms with Crippen molar-refractivity contribution >= 4 is 29.3 Å². The third kappa shape index (κ3) is 2.28. The highest BCUT2D eigenvalue weighted by atomic mass is 16.2. The van der Waals surface area contributed by atoms with E-state index in [0.29, 0.717) is 18.2 Å². The monoisotopic (exact) mass is 324 g/mol. The molecule has 7 heteroatoms. The zero-order chi connectivity index (χ0) is 16.8. The Balaban J connectivity index is 1.57. The molecular weight excluding hydrogens is 306 g/mol. The first-order chi connectivity index (χ1) is 11.5. The number of nitrogens with zero attached hydrogens (tertiary/aromatic N) is 5. The summed E-state index contributed by atoms with van der Waals surface area (Å²) in [6, 6.07) is 8.04. The van der Waals surface area contributed by atoms with Gasteiger partial charge in [-0.05, 0) is 17.5 Å². The minimum Gasteiger partial charge on any atom is -0.290 e. The second-order valence-corrected chi connectivity index (χ2v) is 6.25. The Hall–Kier alpha value is -2.67. The zero-order valence-corrected chi connectivity index (χ0v) is 13.7. The number of carbonyl (C=O) groups is 2. The number of fused-ring (bicyclic) bond motifs is 2. The SMILES string of the molecule is CN1C(=O)C2=NC(CN3CCc4ccccc4C3)=NC2=[N+](C)C1=O. The highest BCUT2D eigenvalue weighted by Gasteiger charge is 2.44. The van der Waals surface area contributed by atoms with Crippen molar-refractivity contribution in [3.05, 3.63) is 35.4 Å². The predicted molar refractivity (Wildman–Crippen MR) is 89.7 cm³/mol. The summed E-state index contributed by atoms with van der Waals surface area (Å²) < 4.78 is 1.37. The van der Waals surface area contributed by atoms with Gasteiger partial charge in [-0.1, -0.05) is 29.3 Å². The minimum absolute atomic E-state index is 0.256. The first kappa shape index (κ1) is 14.9. The highest BCUT2D eigenvalue weighted by molar-refractivity contribution is 6.70. The van der Waals surface area contributed by atoms with Crippen LogP contribution >= 0.6 is 0 Å². The van der Waals surface area contributed by atoms with Crippen molar-refractivity contribution in [2.45, 2.75) is 13.0 Å². The zero-order valence-electron chi connectivity index (χ0n) is 13.7. The molecule has 0 radical (unpaired) electrons. The van der Waals surface area contributed by atoms with Gasteiger partial charge in [-0.2, -0.15) is 9.48 Å². The fourth-order valence-corrected chi connectivity index (χ4v) is 3.28. The van der Waals surface area contributed by atoms with E-state index in [2.05, 4.69) is 39.2 Å². The van der Waals surface area contributed by atoms with E-state index in [0.717, 1.165) is 24.4 Å². The van der Waals surface area contributed by atoms with Crippen molar-refractivity contribution in [1.82, 2.24) is 9.80 Å². The summed E-state index contributed by atoms with van der Waals surface area (Å²) in [7, 11) is 3.07. The van der Waals surface area contributed by atoms with Crippen LogP contribution in [0.25, 0.3) is 0 Å². The van der Waals surface area contributed by atoms with Crippen molar-refractivity contribution in [3.63, 3.8) is 0 Å². The number of imide groups is 1. The van der Waals surface area contributed by atoms with Gasteiger partial charge in [-0.3, -0.25) is 4.90 Å². The molecule has 3 aliphatic rings. The highest BCUT2D eigenvalue weighted by Crippen LogP contribution is 2.19. The van der Waals surface area contributed by atoms with Crippen LogP contribution in [0.1, 0.15) is 11.1 Å². The third-order valence-electron chi connectivity index (χ3n) is 4.66. The van der Waals surface area contributed by atoms with Crippen LogP contribution < -0.4 is 0 Å². The molecule has 0 aromatic heterocycles. The van der Waals surface area contributed by atoms with Gasteiger partial charge in [0.05, 0.1) is 20.6 Å². The van der Waals surface area contributed by atoms with E-state index < -0.39 is 5.91 Å². The molecule has 1 aromatic rings. The molecule has 0 aliphatic carbocycles. The molecule has 0 N–H and O–H groups in total. The lowest BCUT2D eigenvalue weighted by Crippen LogP contribution is -2.51. The molecule has 0 bridgehead atoms. The van der Waals surface area contributed by atoms with Crippen LogP contribution in [-0.2, 0) is 17.8 Å². The first-order valence-corrected chi connectivity index (χ1v) is 7.93. The Kier molecular flexibility index (Phi) is 3.38. The minimum atomic E-state index is -0.393. The molecule has 4 rings (SSSR count). The second kappa shape index (κ2) is 5.45. The first-order valence-electron chi connectivity index (χ1n) is 7.93. The van der Waals surface area contributed by atoms with Gasteiger partial charge < -0.3 is 0 Å². The molecular formula is C17H18N5O2+. The van der Waals surface area contributed by atoms with Crippen molar-refractivity contribution in [2.24, 2.45) is 9.98 Å². The van der Waals surface area contributed by atoms with Crippen LogP contribution in [0.15, 0.2) is 34.3 Å². The van der Waals surface area contributed by atoms with Crippen LogP contribution in [0.4, 0.5) is 4.79 Å². The van der Waals surface area contributed by atoms with E-state index in [4.69, 9.17) is 0 Å². The Bertz CT molecular complexity index is 852. The van der Waals surface area contributed by atoms with Gasteiger partial charge >= 0.3 is 17.8 Å². The van der Waals surface area contributed by atoms with Gasteiger partial charge in [0, 0.05) is 13.1 Å². The summed E-state index contributed by atoms with van der Waals surface area (Å²) in [5.74, 6) is 0.550. The molecule has 0 saturated carbocycles. The van der Waals surface area contributed by atoms with Gasteiger partial charge in [-0.15, -0.1) is 0 Å². The van der Waals surface area contributed by atoms with Crippen LogP contribution in [0.3, 0.4) is 0 Å². The fourth-order valence-electron chi connectivity index (χ4n) is 3.28. The molecule has 122 valence electrons. The molecule has 3 amide bonds. The standard InChI is InChI=1S/C17H18N5O2/c1-20-15-14(16(23)21(2)17(20)24)18-13(19-15)10-22-8-7-11-5-3-4-6-12(11)9-22/h3-6H,7-10H2,1-2H3/q+1. The smallest absolute Gasteiger partial charge is 0.290 e. The maximum absolute atomic E-state index is 12.2. The van der Waals surface area contributed by atoms with E-state index in [9.17, 15) is 9.59 Å². The average Bonchev–Trinajstić information content (AvgIpc) is 3.02. The number of amides is 3. The Labute approximate surface area is 139 Å². The maximum Gasteiger partial charge on any atom is 0.446 e. The topological polar surface area (TPSA) is 68.3 Å². The number of rotatable bonds is 2. The third-order valence-corrected chi connectivity index (χ3v) is 4.66. The summed E-state index contributed by atoms with van der Waals surface area (Å²) >= 11 is 0. The fraction of sp³-hybridized carbons (Fsp3) is 0.353. The van der Waals surface area contributed by atoms with E-state index in [1.807, 2.05) is 0 Å². The van der Waals surface area contributed by atoms with Crippen molar-refractivity contribution in [1.29, 1.82) is 0 Å². The number of aliphatic imine (C=N–C) groups is 2. The van der Waals surface area contributed by atoms with E-state index in [1.165, 1.54) is 22.8 Å². The summed E-state index contributed by atoms with van der Waals surface area (Å²) in [4.78, 5) is 36.3. The van der Waals surface area contributed by atoms with E-state index in [-0.39, 0.29) is 11.7 Å². The Morgan fingerprint density at radius 1 is 1.17 bits per heavy atom. The van der Waals surface area contributed by atoms with Crippen molar-refractivity contribution < 1.29 is 14.2 Å². The second-order valence-electron chi connectivity index (χ2n) is 6.25. The number of amidine groups is 2. The van der Waals surface area contributed by atoms with Crippen LogP contribution in [-0.4, -0.2) is 70.9 Å². The number of urea groups is 1. The largest absolute Gasteiger partial charge is 0.446 e. The molecule has 0 unspecified atom stereocenters. The molecule has 24 heavy (non-hydrogen) atoms. The lowest BCUT2D eigenvalue weighted by atomic mass is 10.00. The van der Waals surface area contributed by atoms with E-state index in [1.54, 1.807) is 7.05 Å².